The summed E-state index contributed by atoms with van der Waals surface area (Å²) in [5.74, 6) is -1.21. The lowest BCUT2D eigenvalue weighted by molar-refractivity contribution is -0.144. The molecule has 72 heavy (non-hydrogen) atoms. The number of rotatable bonds is 17. The molecule has 2 fully saturated rings. The number of carbonyl (C=O) groups excluding carboxylic acids is 4. The van der Waals surface area contributed by atoms with Gasteiger partial charge in [-0.2, -0.15) is 18.4 Å². The molecule has 3 N–H and O–H groups in total. The van der Waals surface area contributed by atoms with Gasteiger partial charge in [0.15, 0.2) is 5.11 Å². The van der Waals surface area contributed by atoms with Crippen LogP contribution in [-0.4, -0.2) is 93.8 Å². The van der Waals surface area contributed by atoms with Crippen molar-refractivity contribution in [3.63, 3.8) is 0 Å². The molecule has 0 saturated carbocycles. The maximum absolute atomic E-state index is 14.0. The monoisotopic (exact) mass is 1020 g/mol. The predicted molar refractivity (Wildman–Crippen MR) is 272 cm³/mol. The van der Waals surface area contributed by atoms with E-state index in [1.165, 1.54) is 22.3 Å². The Balaban J connectivity index is 0.847. The Morgan fingerprint density at radius 1 is 0.931 bits per heavy atom. The van der Waals surface area contributed by atoms with Crippen LogP contribution < -0.4 is 25.2 Å². The average molecular weight is 1020 g/mol. The maximum Gasteiger partial charge on any atom is 0.417 e. The molecule has 4 atom stereocenters. The van der Waals surface area contributed by atoms with Crippen molar-refractivity contribution in [1.82, 2.24) is 20.5 Å². The fourth-order valence-electron chi connectivity index (χ4n) is 8.68. The first-order valence-electron chi connectivity index (χ1n) is 23.4. The number of nitrogens with zero attached hydrogens (tertiary/aromatic N) is 5. The Hall–Kier alpha value is -6.72. The Labute approximate surface area is 425 Å². The van der Waals surface area contributed by atoms with Gasteiger partial charge >= 0.3 is 6.18 Å². The number of aromatic nitrogens is 1. The Kier molecular flexibility index (Phi) is 16.2. The number of alkyl halides is 3. The molecular weight excluding hydrogens is 968 g/mol. The molecule has 2 aliphatic rings. The van der Waals surface area contributed by atoms with Crippen LogP contribution in [0.15, 0.2) is 103 Å². The molecule has 7 rings (SSSR count). The molecule has 2 saturated heterocycles. The van der Waals surface area contributed by atoms with Gasteiger partial charge < -0.3 is 35.0 Å². The molecule has 0 bridgehead atoms. The molecule has 0 radical (unpaired) electrons. The van der Waals surface area contributed by atoms with E-state index in [0.717, 1.165) is 44.2 Å². The number of halogens is 3. The fraction of sp³-hybridized carbons (Fsp3) is 0.377. The van der Waals surface area contributed by atoms with Gasteiger partial charge in [0.05, 0.1) is 52.0 Å². The summed E-state index contributed by atoms with van der Waals surface area (Å²) in [6.45, 7) is 10.9. The normalized spacial score (nSPS) is 17.7. The van der Waals surface area contributed by atoms with Gasteiger partial charge in [-0.25, -0.2) is 0 Å². The first-order valence-corrected chi connectivity index (χ1v) is 24.7. The third-order valence-electron chi connectivity index (χ3n) is 12.6. The van der Waals surface area contributed by atoms with Crippen LogP contribution in [0.3, 0.4) is 0 Å². The highest BCUT2D eigenvalue weighted by atomic mass is 32.1. The number of aliphatic hydroxyl groups excluding tert-OH is 1. The van der Waals surface area contributed by atoms with Crippen molar-refractivity contribution in [3.8, 4) is 33.4 Å². The minimum absolute atomic E-state index is 0.00273. The number of ether oxygens (including phenoxy) is 2. The second-order valence-corrected chi connectivity index (χ2v) is 20.6. The molecule has 0 unspecified atom stereocenters. The van der Waals surface area contributed by atoms with Crippen molar-refractivity contribution >= 4 is 63.7 Å². The van der Waals surface area contributed by atoms with E-state index in [1.54, 1.807) is 48.7 Å². The van der Waals surface area contributed by atoms with Crippen molar-refractivity contribution in [2.45, 2.75) is 96.7 Å². The van der Waals surface area contributed by atoms with Crippen LogP contribution >= 0.6 is 23.6 Å². The number of β-amino-alcohol motifs (C(OH)–C–C–N with tert-alkyl or cyclic N) is 1. The molecule has 0 aliphatic carbocycles. The summed E-state index contributed by atoms with van der Waals surface area (Å²) in [4.78, 5) is 63.6. The number of carbonyl (C=O) groups is 4. The number of hydrogen-bond acceptors (Lipinski definition) is 11. The van der Waals surface area contributed by atoms with Crippen molar-refractivity contribution in [1.29, 1.82) is 5.26 Å². The van der Waals surface area contributed by atoms with Crippen LogP contribution in [0.2, 0.25) is 0 Å². The number of hydrogen-bond donors (Lipinski definition) is 3. The zero-order valence-electron chi connectivity index (χ0n) is 40.7. The smallest absolute Gasteiger partial charge is 0.417 e. The number of nitriles is 1. The van der Waals surface area contributed by atoms with E-state index in [4.69, 9.17) is 21.7 Å². The highest BCUT2D eigenvalue weighted by Gasteiger charge is 2.51. The van der Waals surface area contributed by atoms with E-state index < -0.39 is 70.1 Å². The minimum Gasteiger partial charge on any atom is -0.494 e. The second-order valence-electron chi connectivity index (χ2n) is 19.3. The molecule has 0 spiro atoms. The molecule has 4 amide bonds. The summed E-state index contributed by atoms with van der Waals surface area (Å²) in [5, 5.41) is 25.7. The van der Waals surface area contributed by atoms with Gasteiger partial charge in [-0.05, 0) is 116 Å². The average Bonchev–Trinajstić information content (AvgIpc) is 4.07. The van der Waals surface area contributed by atoms with Crippen LogP contribution in [0, 0.1) is 16.7 Å². The van der Waals surface area contributed by atoms with Gasteiger partial charge in [-0.1, -0.05) is 69.3 Å². The number of benzene rings is 4. The van der Waals surface area contributed by atoms with Crippen LogP contribution in [0.25, 0.3) is 21.6 Å². The van der Waals surface area contributed by atoms with E-state index in [0.29, 0.717) is 30.9 Å². The van der Waals surface area contributed by atoms with Gasteiger partial charge in [-0.15, -0.1) is 11.3 Å². The third-order valence-corrected chi connectivity index (χ3v) is 13.8. The molecule has 378 valence electrons. The van der Waals surface area contributed by atoms with Crippen molar-refractivity contribution in [3.05, 3.63) is 119 Å². The summed E-state index contributed by atoms with van der Waals surface area (Å²) in [5.41, 5.74) is 2.22. The standard InChI is InChI=1S/C53H56F3N7O7S2/c1-32(33-9-11-36(12-10-33)44-28-58-31-72-44)59-47(66)43-26-40(64)29-61(43)48(67)46(51(2,3)4)60-45(65)30-69-23-7-8-24-70-41-21-16-35(17-22-41)34-13-18-38(19-14-34)63-50(71)62(49(68)52(63,5)6)39-20-15-37(27-57)42(25-39)53(54,55)56/h9-22,25,28,31-32,40,43,46,64H,7-8,23-24,26,29-30H2,1-6H3,(H,59,66)(H,60,65)/t32-,40+,43-,46+/m0/s1. The number of amides is 4. The van der Waals surface area contributed by atoms with Gasteiger partial charge in [0.25, 0.3) is 5.91 Å². The first kappa shape index (κ1) is 53.1. The number of aliphatic hydroxyl groups is 1. The minimum atomic E-state index is -4.81. The Morgan fingerprint density at radius 3 is 2.17 bits per heavy atom. The number of thiazole rings is 1. The molecule has 3 heterocycles. The number of likely N-dealkylation sites (tertiary alicyclic amines) is 1. The Bertz CT molecular complexity index is 2810. The van der Waals surface area contributed by atoms with E-state index in [2.05, 4.69) is 15.6 Å². The summed E-state index contributed by atoms with van der Waals surface area (Å²) in [6.07, 6.45) is -2.61. The largest absolute Gasteiger partial charge is 0.494 e. The van der Waals surface area contributed by atoms with E-state index in [-0.39, 0.29) is 43.0 Å². The predicted octanol–water partition coefficient (Wildman–Crippen LogP) is 8.83. The lowest BCUT2D eigenvalue weighted by Crippen LogP contribution is -2.58. The zero-order valence-corrected chi connectivity index (χ0v) is 42.3. The van der Waals surface area contributed by atoms with E-state index >= 15 is 0 Å². The van der Waals surface area contributed by atoms with Crippen molar-refractivity contribution in [2.24, 2.45) is 5.41 Å². The number of thiocarbonyl (C=S) groups is 1. The highest BCUT2D eigenvalue weighted by molar-refractivity contribution is 7.81. The van der Waals surface area contributed by atoms with E-state index in [9.17, 15) is 42.7 Å². The fourth-order valence-corrected chi connectivity index (χ4v) is 9.83. The molecule has 1 aromatic heterocycles. The number of unbranched alkanes of at least 4 members (excludes halogenated alkanes) is 1. The molecule has 14 nitrogen and oxygen atoms in total. The van der Waals surface area contributed by atoms with Crippen molar-refractivity contribution < 1.29 is 46.9 Å². The SMILES string of the molecule is C[C@H](NC(=O)[C@@H]1C[C@@H](O)CN1C(=O)[C@@H](NC(=O)COCCCCOc1ccc(-c2ccc(N3C(=S)N(c4ccc(C#N)c(C(F)(F)F)c4)C(=O)C3(C)C)cc2)cc1)C(C)(C)C)c1ccc(-c2cncs2)cc1. The molecule has 2 aliphatic heterocycles. The summed E-state index contributed by atoms with van der Waals surface area (Å²) in [7, 11) is 0. The third kappa shape index (κ3) is 12.0. The van der Waals surface area contributed by atoms with Gasteiger partial charge in [0.2, 0.25) is 17.7 Å². The zero-order chi connectivity index (χ0) is 52.1. The highest BCUT2D eigenvalue weighted by Crippen LogP contribution is 2.40. The summed E-state index contributed by atoms with van der Waals surface area (Å²) >= 11 is 7.21. The summed E-state index contributed by atoms with van der Waals surface area (Å²) < 4.78 is 52.9. The summed E-state index contributed by atoms with van der Waals surface area (Å²) in [6, 6.07) is 24.9. The van der Waals surface area contributed by atoms with Crippen LogP contribution in [0.5, 0.6) is 5.75 Å². The van der Waals surface area contributed by atoms with Gasteiger partial charge in [-0.3, -0.25) is 29.1 Å². The van der Waals surface area contributed by atoms with Gasteiger partial charge in [0, 0.05) is 31.5 Å². The topological polar surface area (TPSA) is 177 Å². The number of anilines is 2. The second kappa shape index (κ2) is 22.0. The van der Waals surface area contributed by atoms with Crippen LogP contribution in [0.4, 0.5) is 24.5 Å². The lowest BCUT2D eigenvalue weighted by atomic mass is 9.85. The molecule has 5 aromatic rings. The molecular formula is C53H56F3N7O7S2. The quantitative estimate of drug-likeness (QED) is 0.0599. The number of nitrogens with one attached hydrogen (secondary N) is 2. The maximum atomic E-state index is 14.0. The lowest BCUT2D eigenvalue weighted by Gasteiger charge is -2.35. The van der Waals surface area contributed by atoms with Crippen LogP contribution in [-0.2, 0) is 30.1 Å². The van der Waals surface area contributed by atoms with E-state index in [1.807, 2.05) is 88.4 Å². The van der Waals surface area contributed by atoms with Crippen molar-refractivity contribution in [2.75, 3.05) is 36.2 Å². The Morgan fingerprint density at radius 2 is 1.56 bits per heavy atom. The first-order chi connectivity index (χ1) is 34.1. The van der Waals surface area contributed by atoms with Crippen LogP contribution in [0.1, 0.15) is 83.5 Å². The molecule has 4 aromatic carbocycles. The van der Waals surface area contributed by atoms with Gasteiger partial charge in [0.1, 0.15) is 30.0 Å². The molecule has 19 heteroatoms.